The van der Waals surface area contributed by atoms with Gasteiger partial charge in [0.25, 0.3) is 0 Å². The fourth-order valence-corrected chi connectivity index (χ4v) is 2.59. The van der Waals surface area contributed by atoms with Crippen LogP contribution in [-0.2, 0) is 7.05 Å². The summed E-state index contributed by atoms with van der Waals surface area (Å²) in [6.07, 6.45) is 0. The summed E-state index contributed by atoms with van der Waals surface area (Å²) in [5.41, 5.74) is 6.62. The smallest absolute Gasteiger partial charge is 0.191 e. The van der Waals surface area contributed by atoms with Crippen molar-refractivity contribution >= 4 is 11.8 Å². The summed E-state index contributed by atoms with van der Waals surface area (Å²) in [7, 11) is 1.90. The van der Waals surface area contributed by atoms with Crippen molar-refractivity contribution in [3.05, 3.63) is 41.5 Å². The Bertz CT molecular complexity index is 541. The third-order valence-corrected chi connectivity index (χ3v) is 4.05. The Hall–Kier alpha value is -1.40. The number of nitrogens with zero attached hydrogens (tertiary/aromatic N) is 3. The zero-order valence-electron chi connectivity index (χ0n) is 10.3. The van der Waals surface area contributed by atoms with Crippen LogP contribution in [-0.4, -0.2) is 21.3 Å². The number of hydrogen-bond donors (Lipinski definition) is 1. The molecule has 1 heterocycles. The molecule has 0 aliphatic rings. The first-order valence-corrected chi connectivity index (χ1v) is 6.48. The molecule has 0 amide bonds. The molecular weight excluding hydrogens is 251 g/mol. The molecule has 2 aromatic rings. The Balaban J connectivity index is 2.22. The molecule has 0 aliphatic carbocycles. The van der Waals surface area contributed by atoms with Gasteiger partial charge in [0.1, 0.15) is 11.6 Å². The lowest BCUT2D eigenvalue weighted by Crippen LogP contribution is -2.10. The van der Waals surface area contributed by atoms with Gasteiger partial charge in [0.2, 0.25) is 0 Å². The largest absolute Gasteiger partial charge is 0.329 e. The maximum atomic E-state index is 13.2. The van der Waals surface area contributed by atoms with Crippen molar-refractivity contribution in [3.8, 4) is 0 Å². The summed E-state index contributed by atoms with van der Waals surface area (Å²) in [5, 5.41) is 8.83. The lowest BCUT2D eigenvalue weighted by Gasteiger charge is -2.14. The number of hydrogen-bond acceptors (Lipinski definition) is 4. The molecular formula is C12H15FN4S. The fourth-order valence-electron chi connectivity index (χ4n) is 1.58. The highest BCUT2D eigenvalue weighted by Gasteiger charge is 2.16. The van der Waals surface area contributed by atoms with Crippen molar-refractivity contribution in [1.29, 1.82) is 0 Å². The van der Waals surface area contributed by atoms with Crippen LogP contribution in [0.1, 0.15) is 16.6 Å². The topological polar surface area (TPSA) is 56.7 Å². The summed E-state index contributed by atoms with van der Waals surface area (Å²) < 4.78 is 15.1. The monoisotopic (exact) mass is 266 g/mol. The lowest BCUT2D eigenvalue weighted by atomic mass is 10.1. The second-order valence-corrected chi connectivity index (χ2v) is 5.16. The maximum absolute atomic E-state index is 13.2. The summed E-state index contributed by atoms with van der Waals surface area (Å²) in [5.74, 6) is 0.591. The van der Waals surface area contributed by atoms with Crippen LogP contribution in [0.5, 0.6) is 0 Å². The molecule has 1 aromatic heterocycles. The van der Waals surface area contributed by atoms with Gasteiger partial charge in [-0.15, -0.1) is 10.2 Å². The van der Waals surface area contributed by atoms with Gasteiger partial charge in [-0.2, -0.15) is 0 Å². The summed E-state index contributed by atoms with van der Waals surface area (Å²) in [6.45, 7) is 2.30. The number of thioether (sulfide) groups is 1. The second kappa shape index (κ2) is 5.49. The highest BCUT2D eigenvalue weighted by atomic mass is 32.2. The molecule has 1 atom stereocenters. The first-order valence-electron chi connectivity index (χ1n) is 5.60. The van der Waals surface area contributed by atoms with Gasteiger partial charge in [0.05, 0.1) is 0 Å². The van der Waals surface area contributed by atoms with Gasteiger partial charge >= 0.3 is 0 Å². The van der Waals surface area contributed by atoms with E-state index in [2.05, 4.69) is 10.2 Å². The Morgan fingerprint density at radius 3 is 2.78 bits per heavy atom. The molecule has 0 fully saturated rings. The highest BCUT2D eigenvalue weighted by molar-refractivity contribution is 7.99. The number of halogens is 1. The van der Waals surface area contributed by atoms with E-state index in [-0.39, 0.29) is 11.1 Å². The number of nitrogens with two attached hydrogens (primary N) is 1. The van der Waals surface area contributed by atoms with Gasteiger partial charge in [0, 0.05) is 18.8 Å². The summed E-state index contributed by atoms with van der Waals surface area (Å²) in [4.78, 5) is 0. The van der Waals surface area contributed by atoms with Gasteiger partial charge in [-0.3, -0.25) is 0 Å². The number of rotatable bonds is 4. The quantitative estimate of drug-likeness (QED) is 0.861. The molecule has 0 saturated heterocycles. The molecule has 0 bridgehead atoms. The van der Waals surface area contributed by atoms with E-state index in [1.807, 2.05) is 24.6 Å². The molecule has 0 spiro atoms. The maximum Gasteiger partial charge on any atom is 0.191 e. The van der Waals surface area contributed by atoms with Crippen LogP contribution < -0.4 is 5.73 Å². The van der Waals surface area contributed by atoms with Gasteiger partial charge in [0.15, 0.2) is 5.16 Å². The molecule has 4 nitrogen and oxygen atoms in total. The minimum Gasteiger partial charge on any atom is -0.329 e. The van der Waals surface area contributed by atoms with E-state index in [0.717, 1.165) is 16.5 Å². The Morgan fingerprint density at radius 1 is 1.44 bits per heavy atom. The molecule has 0 aliphatic heterocycles. The van der Waals surface area contributed by atoms with Gasteiger partial charge in [-0.25, -0.2) is 4.39 Å². The molecule has 2 rings (SSSR count). The first-order chi connectivity index (χ1) is 8.61. The van der Waals surface area contributed by atoms with E-state index >= 15 is 0 Å². The predicted octanol–water partition coefficient (Wildman–Crippen LogP) is 2.05. The molecule has 1 unspecified atom stereocenters. The average Bonchev–Trinajstić information content (AvgIpc) is 2.67. The third-order valence-electron chi connectivity index (χ3n) is 2.73. The van der Waals surface area contributed by atoms with Crippen molar-refractivity contribution in [3.63, 3.8) is 0 Å². The SMILES string of the molecule is Cc1nnc(SC(CN)c2cccc(F)c2)n1C. The van der Waals surface area contributed by atoms with Crippen molar-refractivity contribution in [1.82, 2.24) is 14.8 Å². The molecule has 6 heteroatoms. The van der Waals surface area contributed by atoms with Crippen LogP contribution in [0.4, 0.5) is 4.39 Å². The zero-order valence-corrected chi connectivity index (χ0v) is 11.1. The fraction of sp³-hybridized carbons (Fsp3) is 0.333. The molecule has 0 radical (unpaired) electrons. The van der Waals surface area contributed by atoms with Crippen LogP contribution in [0.3, 0.4) is 0 Å². The van der Waals surface area contributed by atoms with Crippen molar-refractivity contribution in [2.45, 2.75) is 17.3 Å². The molecule has 96 valence electrons. The van der Waals surface area contributed by atoms with Gasteiger partial charge < -0.3 is 10.3 Å². The van der Waals surface area contributed by atoms with Gasteiger partial charge in [-0.05, 0) is 24.6 Å². The molecule has 1 aromatic carbocycles. The van der Waals surface area contributed by atoms with E-state index in [9.17, 15) is 4.39 Å². The number of aryl methyl sites for hydroxylation is 1. The molecule has 2 N–H and O–H groups in total. The average molecular weight is 266 g/mol. The first kappa shape index (κ1) is 13.0. The van der Waals surface area contributed by atoms with E-state index in [1.165, 1.54) is 23.9 Å². The Morgan fingerprint density at radius 2 is 2.22 bits per heavy atom. The molecule has 18 heavy (non-hydrogen) atoms. The van der Waals surface area contributed by atoms with Crippen molar-refractivity contribution in [2.75, 3.05) is 6.54 Å². The van der Waals surface area contributed by atoms with Crippen LogP contribution in [0.15, 0.2) is 29.4 Å². The van der Waals surface area contributed by atoms with Gasteiger partial charge in [-0.1, -0.05) is 23.9 Å². The highest BCUT2D eigenvalue weighted by Crippen LogP contribution is 2.33. The Kier molecular flexibility index (Phi) is 3.98. The van der Waals surface area contributed by atoms with E-state index in [0.29, 0.717) is 6.54 Å². The van der Waals surface area contributed by atoms with Crippen LogP contribution in [0.25, 0.3) is 0 Å². The van der Waals surface area contributed by atoms with Crippen LogP contribution >= 0.6 is 11.8 Å². The van der Waals surface area contributed by atoms with Crippen LogP contribution in [0, 0.1) is 12.7 Å². The van der Waals surface area contributed by atoms with E-state index in [4.69, 9.17) is 5.73 Å². The zero-order chi connectivity index (χ0) is 13.1. The van der Waals surface area contributed by atoms with E-state index in [1.54, 1.807) is 6.07 Å². The number of benzene rings is 1. The van der Waals surface area contributed by atoms with E-state index < -0.39 is 0 Å². The standard InChI is InChI=1S/C12H15FN4S/c1-8-15-16-12(17(8)2)18-11(7-14)9-4-3-5-10(13)6-9/h3-6,11H,7,14H2,1-2H3. The lowest BCUT2D eigenvalue weighted by molar-refractivity contribution is 0.625. The minimum absolute atomic E-state index is 0.0250. The predicted molar refractivity (Wildman–Crippen MR) is 69.8 cm³/mol. The van der Waals surface area contributed by atoms with Crippen molar-refractivity contribution < 1.29 is 4.39 Å². The minimum atomic E-state index is -0.249. The number of aromatic nitrogens is 3. The third kappa shape index (κ3) is 2.70. The summed E-state index contributed by atoms with van der Waals surface area (Å²) in [6, 6.07) is 6.49. The molecule has 0 saturated carbocycles. The Labute approximate surface area is 109 Å². The van der Waals surface area contributed by atoms with Crippen LogP contribution in [0.2, 0.25) is 0 Å². The van der Waals surface area contributed by atoms with Crippen molar-refractivity contribution in [2.24, 2.45) is 12.8 Å². The second-order valence-electron chi connectivity index (χ2n) is 3.99. The summed E-state index contributed by atoms with van der Waals surface area (Å²) >= 11 is 1.50. The normalized spacial score (nSPS) is 12.7.